The number of carboxylic acids is 1. The molecule has 1 rings (SSSR count). The molecule has 6 heteroatoms. The average Bonchev–Trinajstić information content (AvgIpc) is 2.47. The summed E-state index contributed by atoms with van der Waals surface area (Å²) in [5, 5.41) is 7.07. The zero-order valence-electron chi connectivity index (χ0n) is 11.7. The lowest BCUT2D eigenvalue weighted by molar-refractivity contribution is -0.150. The van der Waals surface area contributed by atoms with E-state index in [4.69, 9.17) is 26.2 Å². The lowest BCUT2D eigenvalue weighted by Gasteiger charge is -2.23. The fourth-order valence-electron chi connectivity index (χ4n) is 1.60. The lowest BCUT2D eigenvalue weighted by atomic mass is 10.1. The number of hydrogen-bond acceptors (Lipinski definition) is 4. The maximum atomic E-state index is 12.1. The van der Waals surface area contributed by atoms with Crippen molar-refractivity contribution in [1.82, 2.24) is 0 Å². The van der Waals surface area contributed by atoms with Gasteiger partial charge >= 0.3 is 11.9 Å². The van der Waals surface area contributed by atoms with E-state index >= 15 is 0 Å². The van der Waals surface area contributed by atoms with E-state index in [1.807, 2.05) is 0 Å². The molecule has 0 bridgehead atoms. The second kappa shape index (κ2) is 7.81. The fourth-order valence-corrected chi connectivity index (χ4v) is 1.77. The van der Waals surface area contributed by atoms with Gasteiger partial charge in [0.2, 0.25) is 5.06 Å². The SMILES string of the molecule is C=C(CCCC(Cl)(OC)C(=O)Oc1ccccc1)C(=O)O. The molecule has 0 saturated heterocycles. The molecular weight excluding hydrogens is 296 g/mol. The van der Waals surface area contributed by atoms with Crippen LogP contribution in [-0.2, 0) is 14.3 Å². The number of ether oxygens (including phenoxy) is 2. The summed E-state index contributed by atoms with van der Waals surface area (Å²) in [5.74, 6) is -1.45. The topological polar surface area (TPSA) is 72.8 Å². The summed E-state index contributed by atoms with van der Waals surface area (Å²) < 4.78 is 10.2. The molecule has 0 heterocycles. The number of benzene rings is 1. The molecule has 0 aromatic heterocycles. The van der Waals surface area contributed by atoms with E-state index in [9.17, 15) is 9.59 Å². The van der Waals surface area contributed by atoms with E-state index in [1.54, 1.807) is 30.3 Å². The number of hydrogen-bond donors (Lipinski definition) is 1. The first-order valence-electron chi connectivity index (χ1n) is 6.31. The standard InChI is InChI=1S/C15H17ClO5/c1-11(13(17)18)7-6-10-15(16,20-2)14(19)21-12-8-4-3-5-9-12/h3-5,8-9H,1,6-7,10H2,2H3,(H,17,18). The van der Waals surface area contributed by atoms with Gasteiger partial charge in [-0.25, -0.2) is 9.59 Å². The maximum Gasteiger partial charge on any atom is 0.359 e. The Balaban J connectivity index is 2.59. The van der Waals surface area contributed by atoms with Crippen LogP contribution in [0.15, 0.2) is 42.5 Å². The summed E-state index contributed by atoms with van der Waals surface area (Å²) in [5.41, 5.74) is 0.0570. The number of aliphatic carboxylic acids is 1. The van der Waals surface area contributed by atoms with Crippen LogP contribution in [0.25, 0.3) is 0 Å². The molecule has 21 heavy (non-hydrogen) atoms. The summed E-state index contributed by atoms with van der Waals surface area (Å²) in [7, 11) is 1.30. The normalized spacial score (nSPS) is 13.2. The van der Waals surface area contributed by atoms with Gasteiger partial charge in [-0.1, -0.05) is 36.4 Å². The van der Waals surface area contributed by atoms with Crippen molar-refractivity contribution in [2.75, 3.05) is 7.11 Å². The summed E-state index contributed by atoms with van der Waals surface area (Å²) in [6.45, 7) is 3.41. The van der Waals surface area contributed by atoms with Crippen molar-refractivity contribution in [1.29, 1.82) is 0 Å². The van der Waals surface area contributed by atoms with Crippen molar-refractivity contribution in [3.8, 4) is 5.75 Å². The third kappa shape index (κ3) is 5.21. The molecule has 0 aliphatic carbocycles. The van der Waals surface area contributed by atoms with E-state index in [0.29, 0.717) is 12.2 Å². The predicted molar refractivity (Wildman–Crippen MR) is 78.3 cm³/mol. The molecule has 1 atom stereocenters. The predicted octanol–water partition coefficient (Wildman–Crippen LogP) is 2.98. The molecule has 1 aromatic rings. The molecule has 0 aliphatic heterocycles. The van der Waals surface area contributed by atoms with Gasteiger partial charge < -0.3 is 14.6 Å². The number of alkyl halides is 1. The molecule has 0 fully saturated rings. The van der Waals surface area contributed by atoms with Crippen LogP contribution in [0, 0.1) is 0 Å². The molecule has 0 amide bonds. The highest BCUT2D eigenvalue weighted by Gasteiger charge is 2.38. The molecule has 0 aliphatic rings. The highest BCUT2D eigenvalue weighted by Crippen LogP contribution is 2.27. The number of para-hydroxylation sites is 1. The zero-order valence-corrected chi connectivity index (χ0v) is 12.4. The van der Waals surface area contributed by atoms with Crippen molar-refractivity contribution < 1.29 is 24.2 Å². The Bertz CT molecular complexity index is 514. The van der Waals surface area contributed by atoms with Crippen LogP contribution in [-0.4, -0.2) is 29.2 Å². The molecule has 0 radical (unpaired) electrons. The van der Waals surface area contributed by atoms with Gasteiger partial charge in [0, 0.05) is 19.1 Å². The second-order valence-electron chi connectivity index (χ2n) is 4.40. The Hall–Kier alpha value is -1.85. The molecule has 0 spiro atoms. The fraction of sp³-hybridized carbons (Fsp3) is 0.333. The molecular formula is C15H17ClO5. The first kappa shape index (κ1) is 17.2. The van der Waals surface area contributed by atoms with Gasteiger partial charge in [-0.05, 0) is 25.0 Å². The number of carbonyl (C=O) groups is 2. The third-order valence-electron chi connectivity index (χ3n) is 2.86. The number of rotatable bonds is 8. The number of halogens is 1. The van der Waals surface area contributed by atoms with Crippen LogP contribution in [0.1, 0.15) is 19.3 Å². The Morgan fingerprint density at radius 2 is 1.95 bits per heavy atom. The summed E-state index contributed by atoms with van der Waals surface area (Å²) >= 11 is 6.11. The van der Waals surface area contributed by atoms with Crippen molar-refractivity contribution >= 4 is 23.5 Å². The summed E-state index contributed by atoms with van der Waals surface area (Å²) in [6, 6.07) is 8.48. The Kier molecular flexibility index (Phi) is 6.39. The van der Waals surface area contributed by atoms with Crippen LogP contribution in [0.2, 0.25) is 0 Å². The van der Waals surface area contributed by atoms with Gasteiger partial charge in [0.15, 0.2) is 0 Å². The van der Waals surface area contributed by atoms with Crippen LogP contribution < -0.4 is 4.74 Å². The molecule has 1 unspecified atom stereocenters. The van der Waals surface area contributed by atoms with E-state index in [0.717, 1.165) is 0 Å². The van der Waals surface area contributed by atoms with E-state index in [-0.39, 0.29) is 18.4 Å². The minimum absolute atomic E-state index is 0.0570. The Labute approximate surface area is 128 Å². The van der Waals surface area contributed by atoms with Crippen molar-refractivity contribution in [2.45, 2.75) is 24.3 Å². The molecule has 5 nitrogen and oxygen atoms in total. The lowest BCUT2D eigenvalue weighted by Crippen LogP contribution is -2.38. The van der Waals surface area contributed by atoms with Crippen molar-refractivity contribution in [3.05, 3.63) is 42.5 Å². The highest BCUT2D eigenvalue weighted by atomic mass is 35.5. The third-order valence-corrected chi connectivity index (χ3v) is 3.36. The van der Waals surface area contributed by atoms with Gasteiger partial charge in [0.05, 0.1) is 0 Å². The van der Waals surface area contributed by atoms with E-state index in [1.165, 1.54) is 7.11 Å². The minimum Gasteiger partial charge on any atom is -0.478 e. The summed E-state index contributed by atoms with van der Waals surface area (Å²) in [4.78, 5) is 22.7. The van der Waals surface area contributed by atoms with Crippen LogP contribution >= 0.6 is 11.6 Å². The van der Waals surface area contributed by atoms with E-state index < -0.39 is 17.0 Å². The quantitative estimate of drug-likeness (QED) is 0.346. The maximum absolute atomic E-state index is 12.1. The zero-order chi connectivity index (χ0) is 15.9. The van der Waals surface area contributed by atoms with Crippen LogP contribution in [0.5, 0.6) is 5.75 Å². The second-order valence-corrected chi connectivity index (χ2v) is 5.01. The average molecular weight is 313 g/mol. The van der Waals surface area contributed by atoms with Gasteiger partial charge in [-0.2, -0.15) is 0 Å². The molecule has 1 N–H and O–H groups in total. The first-order valence-corrected chi connectivity index (χ1v) is 6.69. The molecule has 0 saturated carbocycles. The summed E-state index contributed by atoms with van der Waals surface area (Å²) in [6.07, 6.45) is 0.668. The van der Waals surface area contributed by atoms with Crippen LogP contribution in [0.3, 0.4) is 0 Å². The van der Waals surface area contributed by atoms with Gasteiger partial charge in [0.25, 0.3) is 0 Å². The highest BCUT2D eigenvalue weighted by molar-refractivity contribution is 6.33. The van der Waals surface area contributed by atoms with Crippen molar-refractivity contribution in [2.24, 2.45) is 0 Å². The number of carbonyl (C=O) groups excluding carboxylic acids is 1. The van der Waals surface area contributed by atoms with Crippen LogP contribution in [0.4, 0.5) is 0 Å². The number of carboxylic acid groups (broad SMARTS) is 1. The molecule has 114 valence electrons. The minimum atomic E-state index is -1.64. The number of methoxy groups -OCH3 is 1. The number of esters is 1. The largest absolute Gasteiger partial charge is 0.478 e. The van der Waals surface area contributed by atoms with Crippen molar-refractivity contribution in [3.63, 3.8) is 0 Å². The smallest absolute Gasteiger partial charge is 0.359 e. The van der Waals surface area contributed by atoms with Gasteiger partial charge in [0.1, 0.15) is 5.75 Å². The monoisotopic (exact) mass is 312 g/mol. The van der Waals surface area contributed by atoms with Gasteiger partial charge in [-0.3, -0.25) is 0 Å². The Morgan fingerprint density at radius 3 is 2.48 bits per heavy atom. The van der Waals surface area contributed by atoms with Gasteiger partial charge in [-0.15, -0.1) is 0 Å². The first-order chi connectivity index (χ1) is 9.89. The Morgan fingerprint density at radius 1 is 1.33 bits per heavy atom. The molecule has 1 aromatic carbocycles. The van der Waals surface area contributed by atoms with E-state index in [2.05, 4.69) is 6.58 Å².